The van der Waals surface area contributed by atoms with Crippen LogP contribution in [0.15, 0.2) is 18.5 Å². The molecule has 0 saturated carbocycles. The minimum Gasteiger partial charge on any atom is -0.362 e. The summed E-state index contributed by atoms with van der Waals surface area (Å²) in [5, 5.41) is 9.86. The minimum atomic E-state index is -4.60. The Morgan fingerprint density at radius 2 is 1.87 bits per heavy atom. The monoisotopic (exact) mass is 442 g/mol. The summed E-state index contributed by atoms with van der Waals surface area (Å²) in [6, 6.07) is 1.46. The number of nitrogens with one attached hydrogen (secondary N) is 2. The van der Waals surface area contributed by atoms with E-state index in [1.807, 2.05) is 4.90 Å². The number of hydrogen-bond donors (Lipinski definition) is 2. The lowest BCUT2D eigenvalue weighted by molar-refractivity contribution is -0.144. The molecular formula is C18H19F5N8. The molecule has 2 saturated heterocycles. The molecule has 0 aromatic carbocycles. The molecule has 2 fully saturated rings. The zero-order chi connectivity index (χ0) is 22.2. The van der Waals surface area contributed by atoms with Gasteiger partial charge in [-0.05, 0) is 12.5 Å². The Hall–Kier alpha value is -3.12. The van der Waals surface area contributed by atoms with E-state index in [-0.39, 0.29) is 22.7 Å². The van der Waals surface area contributed by atoms with Crippen molar-refractivity contribution in [2.45, 2.75) is 19.0 Å². The highest BCUT2D eigenvalue weighted by atomic mass is 19.4. The van der Waals surface area contributed by atoms with E-state index in [1.165, 1.54) is 12.3 Å². The van der Waals surface area contributed by atoms with E-state index in [1.54, 1.807) is 4.90 Å². The first-order valence-electron chi connectivity index (χ1n) is 9.49. The molecule has 2 N–H and O–H groups in total. The summed E-state index contributed by atoms with van der Waals surface area (Å²) < 4.78 is 63.6. The maximum atomic E-state index is 12.8. The second kappa shape index (κ2) is 7.85. The zero-order valence-corrected chi connectivity index (χ0v) is 16.2. The molecule has 0 unspecified atom stereocenters. The van der Waals surface area contributed by atoms with Gasteiger partial charge >= 0.3 is 6.18 Å². The molecule has 1 spiro atoms. The summed E-state index contributed by atoms with van der Waals surface area (Å²) in [6.45, 7) is 1.74. The lowest BCUT2D eigenvalue weighted by atomic mass is 9.79. The first kappa shape index (κ1) is 21.1. The molecule has 2 aromatic heterocycles. The van der Waals surface area contributed by atoms with Crippen LogP contribution >= 0.6 is 0 Å². The van der Waals surface area contributed by atoms with Crippen molar-refractivity contribution in [3.05, 3.63) is 30.0 Å². The van der Waals surface area contributed by atoms with Gasteiger partial charge in [-0.15, -0.1) is 0 Å². The predicted octanol–water partition coefficient (Wildman–Crippen LogP) is 2.68. The van der Waals surface area contributed by atoms with Crippen LogP contribution in [0.4, 0.5) is 39.4 Å². The van der Waals surface area contributed by atoms with E-state index in [0.717, 1.165) is 18.8 Å². The van der Waals surface area contributed by atoms with Crippen LogP contribution in [0.5, 0.6) is 0 Å². The Kier molecular flexibility index (Phi) is 5.35. The van der Waals surface area contributed by atoms with E-state index < -0.39 is 25.0 Å². The molecule has 4 heterocycles. The maximum absolute atomic E-state index is 12.8. The van der Waals surface area contributed by atoms with Crippen molar-refractivity contribution in [1.29, 1.82) is 5.41 Å². The molecule has 2 aromatic rings. The number of nitrogens with zero attached hydrogens (tertiary/aromatic N) is 6. The second-order valence-electron chi connectivity index (χ2n) is 7.64. The highest BCUT2D eigenvalue weighted by Crippen LogP contribution is 2.42. The largest absolute Gasteiger partial charge is 0.451 e. The summed E-state index contributed by atoms with van der Waals surface area (Å²) in [6.07, 6.45) is -2.83. The summed E-state index contributed by atoms with van der Waals surface area (Å²) in [4.78, 5) is 19.1. The number of rotatable bonds is 6. The minimum absolute atomic E-state index is 0.115. The van der Waals surface area contributed by atoms with Crippen LogP contribution in [0.1, 0.15) is 17.9 Å². The van der Waals surface area contributed by atoms with Crippen molar-refractivity contribution in [3.63, 3.8) is 0 Å². The molecule has 13 heteroatoms. The average Bonchev–Trinajstić information content (AvgIpc) is 3.16. The third-order valence-corrected chi connectivity index (χ3v) is 5.38. The van der Waals surface area contributed by atoms with Crippen LogP contribution in [0.2, 0.25) is 0 Å². The topological polar surface area (TPSA) is 93.9 Å². The van der Waals surface area contributed by atoms with Gasteiger partial charge in [0.2, 0.25) is 5.82 Å². The fraction of sp³-hybridized carbons (Fsp3) is 0.500. The van der Waals surface area contributed by atoms with Gasteiger partial charge in [-0.3, -0.25) is 0 Å². The number of hydrogen-bond acceptors (Lipinski definition) is 8. The Balaban J connectivity index is 1.43. The number of anilines is 3. The van der Waals surface area contributed by atoms with Crippen LogP contribution in [0.25, 0.3) is 0 Å². The van der Waals surface area contributed by atoms with Crippen LogP contribution in [-0.2, 0) is 6.18 Å². The molecule has 4 rings (SSSR count). The molecule has 0 amide bonds. The van der Waals surface area contributed by atoms with Gasteiger partial charge in [-0.1, -0.05) is 0 Å². The van der Waals surface area contributed by atoms with E-state index >= 15 is 0 Å². The molecule has 2 aliphatic heterocycles. The van der Waals surface area contributed by atoms with Crippen molar-refractivity contribution in [2.24, 2.45) is 5.41 Å². The van der Waals surface area contributed by atoms with Crippen LogP contribution in [0.3, 0.4) is 0 Å². The summed E-state index contributed by atoms with van der Waals surface area (Å²) in [7, 11) is 0. The van der Waals surface area contributed by atoms with Crippen molar-refractivity contribution in [3.8, 4) is 0 Å². The van der Waals surface area contributed by atoms with Gasteiger partial charge in [-0.25, -0.2) is 28.7 Å². The Morgan fingerprint density at radius 3 is 2.55 bits per heavy atom. The maximum Gasteiger partial charge on any atom is 0.451 e. The zero-order valence-electron chi connectivity index (χ0n) is 16.2. The van der Waals surface area contributed by atoms with Crippen LogP contribution < -0.4 is 15.1 Å². The molecule has 0 atom stereocenters. The quantitative estimate of drug-likeness (QED) is 0.525. The first-order chi connectivity index (χ1) is 14.7. The second-order valence-corrected chi connectivity index (χ2v) is 7.64. The number of halogens is 5. The smallest absolute Gasteiger partial charge is 0.362 e. The first-order valence-corrected chi connectivity index (χ1v) is 9.49. The van der Waals surface area contributed by atoms with Gasteiger partial charge in [0, 0.05) is 44.0 Å². The Morgan fingerprint density at radius 1 is 1.13 bits per heavy atom. The Labute approximate surface area is 174 Å². The Bertz CT molecular complexity index is 960. The van der Waals surface area contributed by atoms with Crippen LogP contribution in [0, 0.1) is 10.8 Å². The number of alkyl halides is 5. The number of aromatic nitrogens is 4. The molecule has 0 radical (unpaired) electrons. The lowest BCUT2D eigenvalue weighted by Crippen LogP contribution is -2.58. The molecular weight excluding hydrogens is 423 g/mol. The highest BCUT2D eigenvalue weighted by Gasteiger charge is 2.49. The fourth-order valence-corrected chi connectivity index (χ4v) is 3.93. The van der Waals surface area contributed by atoms with Gasteiger partial charge in [-0.2, -0.15) is 13.2 Å². The highest BCUT2D eigenvalue weighted by molar-refractivity contribution is 5.81. The summed E-state index contributed by atoms with van der Waals surface area (Å²) in [5.41, 5.74) is 0.0410. The van der Waals surface area contributed by atoms with Gasteiger partial charge < -0.3 is 20.5 Å². The SMILES string of the molecule is N=Cc1ncc(N2CCC3(CN(c4ccnc(C(F)(F)F)n4)C3)C2)nc1NCC(F)F. The molecule has 8 nitrogen and oxygen atoms in total. The third-order valence-electron chi connectivity index (χ3n) is 5.38. The van der Waals surface area contributed by atoms with Gasteiger partial charge in [0.1, 0.15) is 17.3 Å². The van der Waals surface area contributed by atoms with Crippen LogP contribution in [-0.4, -0.2) is 65.3 Å². The fourth-order valence-electron chi connectivity index (χ4n) is 3.93. The van der Waals surface area contributed by atoms with Gasteiger partial charge in [0.05, 0.1) is 12.7 Å². The van der Waals surface area contributed by atoms with E-state index in [9.17, 15) is 22.0 Å². The van der Waals surface area contributed by atoms with E-state index in [2.05, 4.69) is 25.3 Å². The summed E-state index contributed by atoms with van der Waals surface area (Å²) >= 11 is 0. The van der Waals surface area contributed by atoms with Crippen molar-refractivity contribution >= 4 is 23.7 Å². The normalized spacial score (nSPS) is 17.9. The van der Waals surface area contributed by atoms with Gasteiger partial charge in [0.15, 0.2) is 5.82 Å². The average molecular weight is 442 g/mol. The summed E-state index contributed by atoms with van der Waals surface area (Å²) in [5.74, 6) is -0.312. The predicted molar refractivity (Wildman–Crippen MR) is 103 cm³/mol. The van der Waals surface area contributed by atoms with E-state index in [0.29, 0.717) is 32.0 Å². The molecule has 31 heavy (non-hydrogen) atoms. The molecule has 0 bridgehead atoms. The molecule has 166 valence electrons. The van der Waals surface area contributed by atoms with Gasteiger partial charge in [0.25, 0.3) is 6.43 Å². The third kappa shape index (κ3) is 4.35. The molecule has 0 aliphatic carbocycles. The van der Waals surface area contributed by atoms with Crippen molar-refractivity contribution in [1.82, 2.24) is 19.9 Å². The van der Waals surface area contributed by atoms with E-state index in [4.69, 9.17) is 5.41 Å². The molecule has 2 aliphatic rings. The standard InChI is InChI=1S/C18H19F5N8/c19-12(20)6-27-15-11(5-24)26-7-14(28-15)30-4-2-17(8-30)9-31(10-17)13-1-3-25-16(29-13)18(21,22)23/h1,3,5,7,12,24H,2,4,6,8-10H2,(H,27,28). The van der Waals surface area contributed by atoms with Crippen molar-refractivity contribution in [2.75, 3.05) is 47.8 Å². The lowest BCUT2D eigenvalue weighted by Gasteiger charge is -2.48. The van der Waals surface area contributed by atoms with Crippen molar-refractivity contribution < 1.29 is 22.0 Å².